The topological polar surface area (TPSA) is 98.8 Å². The monoisotopic (exact) mass is 439 g/mol. The fourth-order valence-corrected chi connectivity index (χ4v) is 3.49. The van der Waals surface area contributed by atoms with Crippen LogP contribution in [0.25, 0.3) is 22.3 Å². The van der Waals surface area contributed by atoms with Crippen LogP contribution in [0.15, 0.2) is 30.9 Å². The zero-order chi connectivity index (χ0) is 21.3. The maximum Gasteiger partial charge on any atom is 0.405 e. The fourth-order valence-electron chi connectivity index (χ4n) is 3.33. The molecule has 0 radical (unpaired) electrons. The van der Waals surface area contributed by atoms with Crippen molar-refractivity contribution in [1.82, 2.24) is 30.6 Å². The van der Waals surface area contributed by atoms with Gasteiger partial charge in [-0.05, 0) is 6.07 Å². The minimum atomic E-state index is -4.48. The van der Waals surface area contributed by atoms with Gasteiger partial charge in [-0.2, -0.15) is 13.2 Å². The Balaban J connectivity index is 1.63. The van der Waals surface area contributed by atoms with E-state index in [2.05, 4.69) is 25.3 Å². The van der Waals surface area contributed by atoms with E-state index in [1.165, 1.54) is 12.4 Å². The molecule has 30 heavy (non-hydrogen) atoms. The molecule has 0 aromatic carbocycles. The van der Waals surface area contributed by atoms with E-state index in [1.54, 1.807) is 23.4 Å². The normalized spacial score (nSPS) is 17.3. The molecule has 3 aromatic rings. The molecule has 4 rings (SSSR count). The van der Waals surface area contributed by atoms with Gasteiger partial charge in [0.05, 0.1) is 23.1 Å². The van der Waals surface area contributed by atoms with Crippen LogP contribution in [0.5, 0.6) is 0 Å². The van der Waals surface area contributed by atoms with Crippen molar-refractivity contribution in [2.24, 2.45) is 0 Å². The summed E-state index contributed by atoms with van der Waals surface area (Å²) >= 11 is 6.05. The van der Waals surface area contributed by atoms with Gasteiger partial charge in [-0.3, -0.25) is 9.78 Å². The van der Waals surface area contributed by atoms with Crippen molar-refractivity contribution in [3.63, 3.8) is 0 Å². The van der Waals surface area contributed by atoms with E-state index in [1.807, 2.05) is 5.32 Å². The van der Waals surface area contributed by atoms with Gasteiger partial charge in [0.25, 0.3) is 0 Å². The van der Waals surface area contributed by atoms with Crippen LogP contribution in [0.1, 0.15) is 0 Å². The number of carbonyl (C=O) groups is 1. The van der Waals surface area contributed by atoms with E-state index in [4.69, 9.17) is 11.6 Å². The molecule has 3 aromatic heterocycles. The number of amides is 1. The lowest BCUT2D eigenvalue weighted by Crippen LogP contribution is -2.59. The Morgan fingerprint density at radius 3 is 2.97 bits per heavy atom. The third-order valence-corrected chi connectivity index (χ3v) is 4.91. The Bertz CT molecular complexity index is 1070. The van der Waals surface area contributed by atoms with Crippen LogP contribution in [-0.2, 0) is 4.79 Å². The Hall–Kier alpha value is -2.92. The number of hydrogen-bond donors (Lipinski definition) is 3. The number of anilines is 1. The lowest BCUT2D eigenvalue weighted by molar-refractivity contribution is -0.139. The maximum absolute atomic E-state index is 12.5. The number of piperazine rings is 1. The average Bonchev–Trinajstić information content (AvgIpc) is 3.14. The molecule has 1 aliphatic heterocycles. The van der Waals surface area contributed by atoms with Crippen molar-refractivity contribution in [2.75, 3.05) is 31.1 Å². The second kappa shape index (κ2) is 8.07. The van der Waals surface area contributed by atoms with Crippen molar-refractivity contribution >= 4 is 34.4 Å². The summed E-state index contributed by atoms with van der Waals surface area (Å²) in [4.78, 5) is 30.1. The molecule has 12 heteroatoms. The molecule has 1 atom stereocenters. The zero-order valence-electron chi connectivity index (χ0n) is 15.5. The van der Waals surface area contributed by atoms with Gasteiger partial charge >= 0.3 is 6.18 Å². The van der Waals surface area contributed by atoms with E-state index in [9.17, 15) is 18.0 Å². The minimum Gasteiger partial charge on any atom is -0.345 e. The third kappa shape index (κ3) is 4.31. The predicted octanol–water partition coefficient (Wildman–Crippen LogP) is 2.13. The molecule has 0 bridgehead atoms. The van der Waals surface area contributed by atoms with Crippen LogP contribution < -0.4 is 15.5 Å². The smallest absolute Gasteiger partial charge is 0.345 e. The van der Waals surface area contributed by atoms with Crippen LogP contribution in [0.4, 0.5) is 19.0 Å². The van der Waals surface area contributed by atoms with Gasteiger partial charge in [-0.25, -0.2) is 9.97 Å². The van der Waals surface area contributed by atoms with E-state index in [0.29, 0.717) is 35.3 Å². The highest BCUT2D eigenvalue weighted by molar-refractivity contribution is 6.31. The summed E-state index contributed by atoms with van der Waals surface area (Å²) in [7, 11) is 0. The lowest BCUT2D eigenvalue weighted by Gasteiger charge is -2.36. The molecule has 0 aliphatic carbocycles. The van der Waals surface area contributed by atoms with Crippen molar-refractivity contribution in [1.29, 1.82) is 0 Å². The number of aromatic amines is 1. The van der Waals surface area contributed by atoms with Gasteiger partial charge in [0.1, 0.15) is 24.1 Å². The van der Waals surface area contributed by atoms with Gasteiger partial charge in [0.15, 0.2) is 0 Å². The molecule has 3 N–H and O–H groups in total. The molecular formula is C18H17ClF3N7O. The molecule has 158 valence electrons. The van der Waals surface area contributed by atoms with Gasteiger partial charge in [0.2, 0.25) is 5.91 Å². The molecule has 1 aliphatic rings. The minimum absolute atomic E-state index is 0.197. The summed E-state index contributed by atoms with van der Waals surface area (Å²) in [6.07, 6.45) is 1.82. The summed E-state index contributed by atoms with van der Waals surface area (Å²) in [5.74, 6) is -0.333. The third-order valence-electron chi connectivity index (χ3n) is 4.70. The summed E-state index contributed by atoms with van der Waals surface area (Å²) < 4.78 is 37.5. The highest BCUT2D eigenvalue weighted by Gasteiger charge is 2.33. The number of fused-ring (bicyclic) bond motifs is 1. The SMILES string of the molecule is O=C(NCC(F)(F)F)[C@H]1CNCCN1c1cncc(-c2c[nH]c3ncc(Cl)cc23)n1. The van der Waals surface area contributed by atoms with Crippen LogP contribution in [0.2, 0.25) is 5.02 Å². The van der Waals surface area contributed by atoms with Crippen LogP contribution in [0, 0.1) is 0 Å². The second-order valence-electron chi connectivity index (χ2n) is 6.76. The summed E-state index contributed by atoms with van der Waals surface area (Å²) in [6.45, 7) is -0.238. The first-order chi connectivity index (χ1) is 14.3. The highest BCUT2D eigenvalue weighted by atomic mass is 35.5. The number of hydrogen-bond acceptors (Lipinski definition) is 6. The van der Waals surface area contributed by atoms with Gasteiger partial charge in [0, 0.05) is 43.0 Å². The summed E-state index contributed by atoms with van der Waals surface area (Å²) in [5.41, 5.74) is 1.88. The molecule has 0 unspecified atom stereocenters. The number of halogens is 4. The largest absolute Gasteiger partial charge is 0.405 e. The highest BCUT2D eigenvalue weighted by Crippen LogP contribution is 2.29. The van der Waals surface area contributed by atoms with Crippen LogP contribution in [0.3, 0.4) is 0 Å². The van der Waals surface area contributed by atoms with Crippen LogP contribution >= 0.6 is 11.6 Å². The maximum atomic E-state index is 12.5. The number of carbonyl (C=O) groups excluding carboxylic acids is 1. The zero-order valence-corrected chi connectivity index (χ0v) is 16.3. The number of nitrogens with zero attached hydrogens (tertiary/aromatic N) is 4. The Kier molecular flexibility index (Phi) is 5.48. The molecular weight excluding hydrogens is 423 g/mol. The molecule has 0 spiro atoms. The van der Waals surface area contributed by atoms with Gasteiger partial charge in [-0.1, -0.05) is 11.6 Å². The lowest BCUT2D eigenvalue weighted by atomic mass is 10.1. The van der Waals surface area contributed by atoms with Crippen molar-refractivity contribution in [3.05, 3.63) is 35.9 Å². The summed E-state index contributed by atoms with van der Waals surface area (Å²) in [6, 6.07) is 0.909. The van der Waals surface area contributed by atoms with Crippen molar-refractivity contribution in [2.45, 2.75) is 12.2 Å². The molecule has 1 amide bonds. The molecule has 4 heterocycles. The molecule has 1 saturated heterocycles. The van der Waals surface area contributed by atoms with E-state index in [0.717, 1.165) is 10.9 Å². The summed E-state index contributed by atoms with van der Waals surface area (Å²) in [5, 5.41) is 6.19. The molecule has 8 nitrogen and oxygen atoms in total. The first-order valence-electron chi connectivity index (χ1n) is 9.09. The van der Waals surface area contributed by atoms with Gasteiger partial charge < -0.3 is 20.5 Å². The van der Waals surface area contributed by atoms with E-state index in [-0.39, 0.29) is 6.54 Å². The number of pyridine rings is 1. The second-order valence-corrected chi connectivity index (χ2v) is 7.20. The first-order valence-corrected chi connectivity index (χ1v) is 9.46. The Morgan fingerprint density at radius 1 is 1.33 bits per heavy atom. The predicted molar refractivity (Wildman–Crippen MR) is 105 cm³/mol. The van der Waals surface area contributed by atoms with Crippen LogP contribution in [-0.4, -0.2) is 64.2 Å². The first kappa shape index (κ1) is 20.4. The van der Waals surface area contributed by atoms with E-state index >= 15 is 0 Å². The number of H-pyrrole nitrogens is 1. The molecule has 0 saturated carbocycles. The average molecular weight is 440 g/mol. The number of rotatable bonds is 4. The van der Waals surface area contributed by atoms with Crippen molar-refractivity contribution < 1.29 is 18.0 Å². The van der Waals surface area contributed by atoms with Gasteiger partial charge in [-0.15, -0.1) is 0 Å². The number of alkyl halides is 3. The number of aromatic nitrogens is 4. The Morgan fingerprint density at radius 2 is 2.17 bits per heavy atom. The standard InChI is InChI=1S/C18H17ClF3N7O/c19-10-3-11-12(5-26-16(11)25-4-10)13-6-24-8-15(28-13)29-2-1-23-7-14(29)17(30)27-9-18(20,21)22/h3-6,8,14,23H,1-2,7,9H2,(H,25,26)(H,27,30)/t14-/m1/s1. The fraction of sp³-hybridized carbons (Fsp3) is 0.333. The Labute approximate surface area is 173 Å². The van der Waals surface area contributed by atoms with Crippen molar-refractivity contribution in [3.8, 4) is 11.3 Å². The number of nitrogens with one attached hydrogen (secondary N) is 3. The quantitative estimate of drug-likeness (QED) is 0.576. The molecule has 1 fully saturated rings. The van der Waals surface area contributed by atoms with E-state index < -0.39 is 24.7 Å².